The van der Waals surface area contributed by atoms with Crippen molar-refractivity contribution >= 4 is 6.09 Å². The number of nitrogens with zero attached hydrogens (tertiary/aromatic N) is 2. The molecule has 0 aliphatic carbocycles. The molecule has 0 aromatic rings. The highest BCUT2D eigenvalue weighted by atomic mass is 16.6. The first-order chi connectivity index (χ1) is 9.22. The minimum Gasteiger partial charge on any atom is -0.444 e. The smallest absolute Gasteiger partial charge is 0.410 e. The third-order valence-corrected chi connectivity index (χ3v) is 4.63. The zero-order valence-corrected chi connectivity index (χ0v) is 13.3. The van der Waals surface area contributed by atoms with Crippen molar-refractivity contribution in [3.63, 3.8) is 0 Å². The predicted molar refractivity (Wildman–Crippen MR) is 79.6 cm³/mol. The van der Waals surface area contributed by atoms with Crippen molar-refractivity contribution in [2.75, 3.05) is 26.7 Å². The number of hydrogen-bond donors (Lipinski definition) is 1. The number of likely N-dealkylation sites (tertiary alicyclic amines) is 2. The second-order valence-electron chi connectivity index (χ2n) is 7.37. The Morgan fingerprint density at radius 2 is 1.85 bits per heavy atom. The molecule has 2 rings (SSSR count). The van der Waals surface area contributed by atoms with Gasteiger partial charge < -0.3 is 20.3 Å². The summed E-state index contributed by atoms with van der Waals surface area (Å²) in [6, 6.07) is 0.305. The van der Waals surface area contributed by atoms with Crippen LogP contribution >= 0.6 is 0 Å². The first kappa shape index (κ1) is 15.6. The van der Waals surface area contributed by atoms with E-state index in [1.165, 1.54) is 0 Å². The Balaban J connectivity index is 1.93. The second kappa shape index (κ2) is 5.53. The Morgan fingerprint density at radius 1 is 1.25 bits per heavy atom. The number of piperidine rings is 2. The summed E-state index contributed by atoms with van der Waals surface area (Å²) in [6.45, 7) is 8.32. The Labute approximate surface area is 122 Å². The molecule has 1 atom stereocenters. The van der Waals surface area contributed by atoms with Crippen LogP contribution in [-0.2, 0) is 4.74 Å². The number of rotatable bonds is 0. The molecule has 1 amide bonds. The van der Waals surface area contributed by atoms with Crippen LogP contribution < -0.4 is 5.73 Å². The molecular formula is C15H29N3O2. The fraction of sp³-hybridized carbons (Fsp3) is 0.933. The molecular weight excluding hydrogens is 254 g/mol. The first-order valence-corrected chi connectivity index (χ1v) is 7.67. The number of carbonyl (C=O) groups excluding carboxylic acids is 1. The maximum Gasteiger partial charge on any atom is 0.410 e. The van der Waals surface area contributed by atoms with Crippen molar-refractivity contribution in [1.82, 2.24) is 9.80 Å². The van der Waals surface area contributed by atoms with Gasteiger partial charge in [-0.3, -0.25) is 0 Å². The van der Waals surface area contributed by atoms with Gasteiger partial charge in [0.15, 0.2) is 0 Å². The SMILES string of the molecule is CN1CCC(N)CC12CCN(C(=O)OC(C)(C)C)CC2. The van der Waals surface area contributed by atoms with Crippen LogP contribution in [0.25, 0.3) is 0 Å². The van der Waals surface area contributed by atoms with Crippen LogP contribution in [-0.4, -0.2) is 59.8 Å². The van der Waals surface area contributed by atoms with E-state index in [0.717, 1.165) is 45.3 Å². The predicted octanol–water partition coefficient (Wildman–Crippen LogP) is 1.81. The van der Waals surface area contributed by atoms with Crippen molar-refractivity contribution in [1.29, 1.82) is 0 Å². The Kier molecular flexibility index (Phi) is 4.30. The van der Waals surface area contributed by atoms with Crippen LogP contribution in [0, 0.1) is 0 Å². The lowest BCUT2D eigenvalue weighted by Gasteiger charge is -2.51. The van der Waals surface area contributed by atoms with E-state index in [1.54, 1.807) is 0 Å². The molecule has 0 saturated carbocycles. The highest BCUT2D eigenvalue weighted by molar-refractivity contribution is 5.68. The highest BCUT2D eigenvalue weighted by Crippen LogP contribution is 2.36. The lowest BCUT2D eigenvalue weighted by molar-refractivity contribution is -0.0156. The van der Waals surface area contributed by atoms with Crippen LogP contribution in [0.1, 0.15) is 46.5 Å². The van der Waals surface area contributed by atoms with E-state index in [1.807, 2.05) is 25.7 Å². The molecule has 1 spiro atoms. The van der Waals surface area contributed by atoms with Crippen molar-refractivity contribution in [2.24, 2.45) is 5.73 Å². The summed E-state index contributed by atoms with van der Waals surface area (Å²) in [6.07, 6.45) is 3.93. The van der Waals surface area contributed by atoms with E-state index in [4.69, 9.17) is 10.5 Å². The standard InChI is InChI=1S/C15H29N3O2/c1-14(2,3)20-13(19)18-9-6-15(7-10-18)11-12(16)5-8-17(15)4/h12H,5-11,16H2,1-4H3. The van der Waals surface area contributed by atoms with Gasteiger partial charge in [-0.15, -0.1) is 0 Å². The fourth-order valence-corrected chi connectivity index (χ4v) is 3.36. The fourth-order valence-electron chi connectivity index (χ4n) is 3.36. The van der Waals surface area contributed by atoms with Gasteiger partial charge in [0.2, 0.25) is 0 Å². The van der Waals surface area contributed by atoms with Crippen LogP contribution in [0.3, 0.4) is 0 Å². The largest absolute Gasteiger partial charge is 0.444 e. The molecule has 0 aromatic carbocycles. The molecule has 2 aliphatic rings. The van der Waals surface area contributed by atoms with Crippen LogP contribution in [0.2, 0.25) is 0 Å². The third kappa shape index (κ3) is 3.44. The molecule has 1 unspecified atom stereocenters. The molecule has 2 saturated heterocycles. The van der Waals surface area contributed by atoms with Gasteiger partial charge in [0, 0.05) is 24.7 Å². The van der Waals surface area contributed by atoms with Gasteiger partial charge in [0.05, 0.1) is 0 Å². The van der Waals surface area contributed by atoms with E-state index in [2.05, 4.69) is 11.9 Å². The van der Waals surface area contributed by atoms with E-state index in [9.17, 15) is 4.79 Å². The van der Waals surface area contributed by atoms with Crippen LogP contribution in [0.4, 0.5) is 4.79 Å². The lowest BCUT2D eigenvalue weighted by atomic mass is 9.77. The average molecular weight is 283 g/mol. The Morgan fingerprint density at radius 3 is 2.40 bits per heavy atom. The molecule has 116 valence electrons. The zero-order valence-electron chi connectivity index (χ0n) is 13.3. The van der Waals surface area contributed by atoms with E-state index in [-0.39, 0.29) is 11.6 Å². The highest BCUT2D eigenvalue weighted by Gasteiger charge is 2.43. The van der Waals surface area contributed by atoms with Crippen LogP contribution in [0.15, 0.2) is 0 Å². The number of carbonyl (C=O) groups is 1. The molecule has 0 aromatic heterocycles. The zero-order chi connectivity index (χ0) is 15.0. The molecule has 2 aliphatic heterocycles. The summed E-state index contributed by atoms with van der Waals surface area (Å²) in [5.41, 5.74) is 5.92. The monoisotopic (exact) mass is 283 g/mol. The summed E-state index contributed by atoms with van der Waals surface area (Å²) >= 11 is 0. The number of hydrogen-bond acceptors (Lipinski definition) is 4. The van der Waals surface area contributed by atoms with Gasteiger partial charge >= 0.3 is 6.09 Å². The van der Waals surface area contributed by atoms with Gasteiger partial charge in [-0.1, -0.05) is 0 Å². The molecule has 2 fully saturated rings. The molecule has 5 heteroatoms. The van der Waals surface area contributed by atoms with E-state index < -0.39 is 5.60 Å². The number of ether oxygens (including phenoxy) is 1. The van der Waals surface area contributed by atoms with Crippen molar-refractivity contribution in [2.45, 2.75) is 63.6 Å². The first-order valence-electron chi connectivity index (χ1n) is 7.67. The third-order valence-electron chi connectivity index (χ3n) is 4.63. The summed E-state index contributed by atoms with van der Waals surface area (Å²) in [4.78, 5) is 16.4. The Hall–Kier alpha value is -0.810. The van der Waals surface area contributed by atoms with Gasteiger partial charge in [-0.25, -0.2) is 4.79 Å². The molecule has 20 heavy (non-hydrogen) atoms. The molecule has 2 N–H and O–H groups in total. The normalized spacial score (nSPS) is 27.6. The maximum atomic E-state index is 12.1. The minimum atomic E-state index is -0.420. The van der Waals surface area contributed by atoms with E-state index in [0.29, 0.717) is 6.04 Å². The molecule has 0 radical (unpaired) electrons. The van der Waals surface area contributed by atoms with Crippen molar-refractivity contribution in [3.8, 4) is 0 Å². The quantitative estimate of drug-likeness (QED) is 0.736. The van der Waals surface area contributed by atoms with E-state index >= 15 is 0 Å². The van der Waals surface area contributed by atoms with Crippen LogP contribution in [0.5, 0.6) is 0 Å². The van der Waals surface area contributed by atoms with Gasteiger partial charge in [0.25, 0.3) is 0 Å². The minimum absolute atomic E-state index is 0.185. The van der Waals surface area contributed by atoms with Gasteiger partial charge in [-0.2, -0.15) is 0 Å². The molecule has 5 nitrogen and oxygen atoms in total. The summed E-state index contributed by atoms with van der Waals surface area (Å²) < 4.78 is 5.45. The van der Waals surface area contributed by atoms with Gasteiger partial charge in [0.1, 0.15) is 5.60 Å². The number of nitrogens with two attached hydrogens (primary N) is 1. The number of amides is 1. The average Bonchev–Trinajstić information content (AvgIpc) is 2.33. The van der Waals surface area contributed by atoms with Crippen molar-refractivity contribution < 1.29 is 9.53 Å². The summed E-state index contributed by atoms with van der Waals surface area (Å²) in [5, 5.41) is 0. The summed E-state index contributed by atoms with van der Waals surface area (Å²) in [7, 11) is 2.19. The molecule has 0 bridgehead atoms. The summed E-state index contributed by atoms with van der Waals surface area (Å²) in [5.74, 6) is 0. The second-order valence-corrected chi connectivity index (χ2v) is 7.37. The molecule has 2 heterocycles. The lowest BCUT2D eigenvalue weighted by Crippen LogP contribution is -2.60. The maximum absolute atomic E-state index is 12.1. The van der Waals surface area contributed by atoms with Crippen molar-refractivity contribution in [3.05, 3.63) is 0 Å². The Bertz CT molecular complexity index is 357. The topological polar surface area (TPSA) is 58.8 Å². The van der Waals surface area contributed by atoms with Gasteiger partial charge in [-0.05, 0) is 60.0 Å².